The Morgan fingerprint density at radius 1 is 1.15 bits per heavy atom. The molecular weight excluding hydrogens is 312 g/mol. The van der Waals surface area contributed by atoms with Gasteiger partial charge < -0.3 is 0 Å². The Morgan fingerprint density at radius 3 is 2.69 bits per heavy atom. The summed E-state index contributed by atoms with van der Waals surface area (Å²) in [7, 11) is 0. The highest BCUT2D eigenvalue weighted by Gasteiger charge is 2.59. The van der Waals surface area contributed by atoms with E-state index in [1.165, 1.54) is 50.5 Å². The fraction of sp³-hybridized carbons (Fsp3) is 0.769. The molecule has 5 aliphatic carbocycles. The van der Waals surface area contributed by atoms with Crippen LogP contribution in [0.1, 0.15) is 72.6 Å². The zero-order valence-electron chi connectivity index (χ0n) is 17.4. The number of hydrogen-bond acceptors (Lipinski definition) is 0. The second-order valence-electron chi connectivity index (χ2n) is 10.6. The maximum absolute atomic E-state index is 4.52. The van der Waals surface area contributed by atoms with E-state index in [-0.39, 0.29) is 0 Å². The predicted octanol–water partition coefficient (Wildman–Crippen LogP) is 7.19. The van der Waals surface area contributed by atoms with Gasteiger partial charge in [-0.1, -0.05) is 58.4 Å². The van der Waals surface area contributed by atoms with Crippen molar-refractivity contribution in [1.29, 1.82) is 0 Å². The van der Waals surface area contributed by atoms with Crippen LogP contribution in [0.5, 0.6) is 0 Å². The van der Waals surface area contributed by atoms with E-state index in [9.17, 15) is 0 Å². The van der Waals surface area contributed by atoms with E-state index in [1.54, 1.807) is 5.57 Å². The van der Waals surface area contributed by atoms with Crippen molar-refractivity contribution >= 4 is 0 Å². The van der Waals surface area contributed by atoms with Crippen molar-refractivity contribution in [1.82, 2.24) is 0 Å². The smallest absolute Gasteiger partial charge is 0.00278 e. The normalized spacial score (nSPS) is 52.1. The maximum atomic E-state index is 4.52. The van der Waals surface area contributed by atoms with Crippen molar-refractivity contribution in [2.24, 2.45) is 52.8 Å². The lowest BCUT2D eigenvalue weighted by Crippen LogP contribution is -2.40. The van der Waals surface area contributed by atoms with Crippen LogP contribution in [0.4, 0.5) is 0 Å². The van der Waals surface area contributed by atoms with E-state index in [2.05, 4.69) is 46.4 Å². The summed E-state index contributed by atoms with van der Waals surface area (Å²) < 4.78 is 0. The van der Waals surface area contributed by atoms with Crippen LogP contribution in [0.3, 0.4) is 0 Å². The third-order valence-corrected chi connectivity index (χ3v) is 9.88. The lowest BCUT2D eigenvalue weighted by molar-refractivity contribution is 0.137. The molecule has 9 unspecified atom stereocenters. The summed E-state index contributed by atoms with van der Waals surface area (Å²) in [5.74, 6) is 6.85. The van der Waals surface area contributed by atoms with Gasteiger partial charge in [0.25, 0.3) is 0 Å². The number of hydrogen-bond donors (Lipinski definition) is 0. The molecule has 142 valence electrons. The molecule has 0 heterocycles. The van der Waals surface area contributed by atoms with Crippen LogP contribution in [0.2, 0.25) is 0 Å². The van der Waals surface area contributed by atoms with Crippen LogP contribution in [-0.4, -0.2) is 0 Å². The Bertz CT molecular complexity index is 678. The fourth-order valence-electron chi connectivity index (χ4n) is 8.21. The predicted molar refractivity (Wildman–Crippen MR) is 111 cm³/mol. The highest BCUT2D eigenvalue weighted by atomic mass is 14.6. The largest absolute Gasteiger partial charge is 0.0953 e. The lowest BCUT2D eigenvalue weighted by atomic mass is 9.56. The molecule has 5 rings (SSSR count). The number of allylic oxidation sites excluding steroid dienone is 5. The average Bonchev–Trinajstić information content (AvgIpc) is 2.97. The molecular formula is C26H38. The van der Waals surface area contributed by atoms with E-state index in [1.807, 2.05) is 5.57 Å². The molecule has 3 fully saturated rings. The van der Waals surface area contributed by atoms with Gasteiger partial charge in [-0.15, -0.1) is 0 Å². The molecule has 0 spiro atoms. The summed E-state index contributed by atoms with van der Waals surface area (Å²) >= 11 is 0. The zero-order valence-corrected chi connectivity index (χ0v) is 17.4. The van der Waals surface area contributed by atoms with Crippen molar-refractivity contribution in [3.05, 3.63) is 35.5 Å². The van der Waals surface area contributed by atoms with Gasteiger partial charge in [-0.2, -0.15) is 0 Å². The van der Waals surface area contributed by atoms with Gasteiger partial charge >= 0.3 is 0 Å². The highest BCUT2D eigenvalue weighted by molar-refractivity contribution is 5.48. The molecule has 0 aliphatic heterocycles. The molecule has 0 heteroatoms. The summed E-state index contributed by atoms with van der Waals surface area (Å²) in [5.41, 5.74) is 5.68. The molecule has 0 aromatic heterocycles. The highest BCUT2D eigenvalue weighted by Crippen LogP contribution is 2.68. The van der Waals surface area contributed by atoms with Gasteiger partial charge in [0.15, 0.2) is 0 Å². The molecule has 3 saturated carbocycles. The molecule has 0 N–H and O–H groups in total. The van der Waals surface area contributed by atoms with Gasteiger partial charge in [0, 0.05) is 0 Å². The van der Waals surface area contributed by atoms with Crippen molar-refractivity contribution in [2.45, 2.75) is 72.6 Å². The summed E-state index contributed by atoms with van der Waals surface area (Å²) in [6, 6.07) is 0. The summed E-state index contributed by atoms with van der Waals surface area (Å²) in [6.07, 6.45) is 15.4. The maximum Gasteiger partial charge on any atom is -0.00278 e. The molecule has 9 atom stereocenters. The number of fused-ring (bicyclic) bond motifs is 6. The van der Waals surface area contributed by atoms with E-state index in [4.69, 9.17) is 0 Å². The van der Waals surface area contributed by atoms with Crippen molar-refractivity contribution < 1.29 is 0 Å². The van der Waals surface area contributed by atoms with Gasteiger partial charge in [0.1, 0.15) is 0 Å². The summed E-state index contributed by atoms with van der Waals surface area (Å²) in [6.45, 7) is 14.5. The van der Waals surface area contributed by atoms with Crippen LogP contribution in [-0.2, 0) is 0 Å². The molecule has 0 bridgehead atoms. The van der Waals surface area contributed by atoms with Crippen molar-refractivity contribution in [3.8, 4) is 0 Å². The van der Waals surface area contributed by atoms with Gasteiger partial charge in [-0.3, -0.25) is 0 Å². The minimum Gasteiger partial charge on any atom is -0.0953 e. The van der Waals surface area contributed by atoms with Crippen LogP contribution < -0.4 is 0 Å². The quantitative estimate of drug-likeness (QED) is 0.462. The first-order valence-corrected chi connectivity index (χ1v) is 11.6. The van der Waals surface area contributed by atoms with E-state index in [0.29, 0.717) is 11.3 Å². The Kier molecular flexibility index (Phi) is 3.90. The van der Waals surface area contributed by atoms with Crippen LogP contribution in [0, 0.1) is 52.8 Å². The Labute approximate surface area is 161 Å². The SMILES string of the molecule is C=C1C2=CC3CC3(CC)C(CC)CC(C)C3CC4CCC=C4C3C2C1C. The standard InChI is InChI=1S/C26H38/c1-6-19-11-15(3)22-12-18-9-8-10-21(18)25(22)24-17(5)16(4)23(24)13-20-14-26(19,20)7-2/h10,13,15,17-20,22,24-25H,4,6-9,11-12,14H2,1-3,5H3. The van der Waals surface area contributed by atoms with Gasteiger partial charge in [0.05, 0.1) is 0 Å². The van der Waals surface area contributed by atoms with Gasteiger partial charge in [0.2, 0.25) is 0 Å². The first-order valence-electron chi connectivity index (χ1n) is 11.6. The van der Waals surface area contributed by atoms with Crippen LogP contribution in [0.15, 0.2) is 35.5 Å². The summed E-state index contributed by atoms with van der Waals surface area (Å²) in [4.78, 5) is 0. The molecule has 0 aromatic rings. The molecule has 0 saturated heterocycles. The van der Waals surface area contributed by atoms with E-state index >= 15 is 0 Å². The zero-order chi connectivity index (χ0) is 18.2. The second kappa shape index (κ2) is 5.86. The van der Waals surface area contributed by atoms with E-state index in [0.717, 1.165) is 41.4 Å². The van der Waals surface area contributed by atoms with E-state index < -0.39 is 0 Å². The van der Waals surface area contributed by atoms with Gasteiger partial charge in [-0.05, 0) is 102 Å². The van der Waals surface area contributed by atoms with Gasteiger partial charge in [-0.25, -0.2) is 0 Å². The minimum absolute atomic E-state index is 0.625. The van der Waals surface area contributed by atoms with Crippen LogP contribution in [0.25, 0.3) is 0 Å². The molecule has 5 aliphatic rings. The second-order valence-corrected chi connectivity index (χ2v) is 10.6. The molecule has 0 nitrogen and oxygen atoms in total. The first kappa shape index (κ1) is 17.3. The first-order chi connectivity index (χ1) is 12.5. The van der Waals surface area contributed by atoms with Crippen molar-refractivity contribution in [2.75, 3.05) is 0 Å². The third-order valence-electron chi connectivity index (χ3n) is 9.88. The number of rotatable bonds is 2. The molecule has 0 aromatic carbocycles. The Balaban J connectivity index is 1.59. The van der Waals surface area contributed by atoms with Crippen molar-refractivity contribution in [3.63, 3.8) is 0 Å². The Hall–Kier alpha value is -0.780. The topological polar surface area (TPSA) is 0 Å². The minimum atomic E-state index is 0.625. The fourth-order valence-corrected chi connectivity index (χ4v) is 8.21. The summed E-state index contributed by atoms with van der Waals surface area (Å²) in [5, 5.41) is 0. The lowest BCUT2D eigenvalue weighted by Gasteiger charge is -2.48. The third kappa shape index (κ3) is 2.14. The van der Waals surface area contributed by atoms with Crippen LogP contribution >= 0.6 is 0 Å². The molecule has 0 amide bonds. The molecule has 0 radical (unpaired) electrons. The average molecular weight is 351 g/mol. The Morgan fingerprint density at radius 2 is 1.96 bits per heavy atom. The molecule has 26 heavy (non-hydrogen) atoms. The monoisotopic (exact) mass is 350 g/mol.